The molecule has 4 N–H and O–H groups in total. The zero-order chi connectivity index (χ0) is 19.9. The number of allylic oxidation sites excluding steroid dienone is 4. The summed E-state index contributed by atoms with van der Waals surface area (Å²) in [7, 11) is 0. The zero-order valence-electron chi connectivity index (χ0n) is 16.0. The van der Waals surface area contributed by atoms with Crippen LogP contribution < -0.4 is 16.4 Å². The Kier molecular flexibility index (Phi) is 6.42. The second-order valence-electron chi connectivity index (χ2n) is 7.13. The van der Waals surface area contributed by atoms with E-state index in [-0.39, 0.29) is 29.7 Å². The summed E-state index contributed by atoms with van der Waals surface area (Å²) < 4.78 is 0. The quantitative estimate of drug-likeness (QED) is 0.555. The fourth-order valence-corrected chi connectivity index (χ4v) is 3.34. The Morgan fingerprint density at radius 1 is 1.18 bits per heavy atom. The first-order valence-electron chi connectivity index (χ1n) is 9.55. The number of nitrogens with two attached hydrogens (primary N) is 1. The maximum atomic E-state index is 12.5. The van der Waals surface area contributed by atoms with Crippen molar-refractivity contribution in [3.05, 3.63) is 71.5 Å². The average molecular weight is 378 g/mol. The molecule has 0 saturated carbocycles. The summed E-state index contributed by atoms with van der Waals surface area (Å²) in [5.74, 6) is -0.311. The molecule has 1 aromatic rings. The van der Waals surface area contributed by atoms with E-state index in [1.807, 2.05) is 37.3 Å². The van der Waals surface area contributed by atoms with Gasteiger partial charge in [0, 0.05) is 17.7 Å². The fourth-order valence-electron chi connectivity index (χ4n) is 3.34. The third kappa shape index (κ3) is 5.19. The van der Waals surface area contributed by atoms with E-state index in [9.17, 15) is 9.59 Å². The normalized spacial score (nSPS) is 22.1. The molecule has 3 rings (SSSR count). The van der Waals surface area contributed by atoms with Gasteiger partial charge in [-0.1, -0.05) is 48.1 Å². The van der Waals surface area contributed by atoms with Crippen molar-refractivity contribution in [1.29, 1.82) is 0 Å². The van der Waals surface area contributed by atoms with Crippen LogP contribution in [0.1, 0.15) is 43.0 Å². The van der Waals surface area contributed by atoms with E-state index in [0.29, 0.717) is 18.4 Å². The maximum Gasteiger partial charge on any atom is 0.257 e. The number of carbonyl (C=O) groups excluding carboxylic acids is 2. The van der Waals surface area contributed by atoms with Crippen molar-refractivity contribution in [1.82, 2.24) is 10.6 Å². The van der Waals surface area contributed by atoms with Crippen LogP contribution in [0.3, 0.4) is 0 Å². The SMILES string of the molecule is CC1=C(NC(=O)C2C=CC=CC2)CC(N=C(N)NC(=O)c2ccccc2)CC1. The van der Waals surface area contributed by atoms with Crippen LogP contribution in [-0.4, -0.2) is 23.8 Å². The molecule has 0 aromatic heterocycles. The minimum atomic E-state index is -0.282. The van der Waals surface area contributed by atoms with E-state index in [0.717, 1.165) is 18.5 Å². The number of hydrogen-bond acceptors (Lipinski definition) is 3. The molecule has 1 aromatic carbocycles. The number of carbonyl (C=O) groups is 2. The van der Waals surface area contributed by atoms with Crippen LogP contribution in [0.25, 0.3) is 0 Å². The molecule has 2 unspecified atom stereocenters. The summed E-state index contributed by atoms with van der Waals surface area (Å²) in [6.07, 6.45) is 10.8. The van der Waals surface area contributed by atoms with Gasteiger partial charge in [-0.2, -0.15) is 0 Å². The second-order valence-corrected chi connectivity index (χ2v) is 7.13. The molecular formula is C22H26N4O2. The highest BCUT2D eigenvalue weighted by atomic mass is 16.2. The van der Waals surface area contributed by atoms with Crippen molar-refractivity contribution in [3.8, 4) is 0 Å². The first-order chi connectivity index (χ1) is 13.5. The Hall–Kier alpha value is -3.15. The Balaban J connectivity index is 1.59. The zero-order valence-corrected chi connectivity index (χ0v) is 16.0. The number of nitrogens with zero attached hydrogens (tertiary/aromatic N) is 1. The molecule has 28 heavy (non-hydrogen) atoms. The number of aliphatic imine (C=N–C) groups is 1. The van der Waals surface area contributed by atoms with Gasteiger partial charge in [-0.05, 0) is 38.3 Å². The summed E-state index contributed by atoms with van der Waals surface area (Å²) >= 11 is 0. The van der Waals surface area contributed by atoms with Gasteiger partial charge in [0.15, 0.2) is 5.96 Å². The van der Waals surface area contributed by atoms with E-state index >= 15 is 0 Å². The van der Waals surface area contributed by atoms with E-state index in [4.69, 9.17) is 5.73 Å². The van der Waals surface area contributed by atoms with Crippen LogP contribution in [0.2, 0.25) is 0 Å². The number of nitrogens with one attached hydrogen (secondary N) is 2. The first-order valence-corrected chi connectivity index (χ1v) is 9.55. The number of guanidine groups is 1. The fraction of sp³-hybridized carbons (Fsp3) is 0.318. The molecule has 0 bridgehead atoms. The van der Waals surface area contributed by atoms with Crippen LogP contribution in [0.15, 0.2) is 70.9 Å². The van der Waals surface area contributed by atoms with E-state index < -0.39 is 0 Å². The van der Waals surface area contributed by atoms with Crippen molar-refractivity contribution in [2.75, 3.05) is 0 Å². The smallest absolute Gasteiger partial charge is 0.257 e. The lowest BCUT2D eigenvalue weighted by Gasteiger charge is -2.25. The molecular weight excluding hydrogens is 352 g/mol. The Morgan fingerprint density at radius 3 is 2.68 bits per heavy atom. The van der Waals surface area contributed by atoms with Crippen molar-refractivity contribution in [2.45, 2.75) is 38.6 Å². The lowest BCUT2D eigenvalue weighted by Crippen LogP contribution is -2.38. The molecule has 2 aliphatic rings. The molecule has 0 radical (unpaired) electrons. The van der Waals surface area contributed by atoms with Crippen LogP contribution >= 0.6 is 0 Å². The molecule has 2 aliphatic carbocycles. The van der Waals surface area contributed by atoms with Gasteiger partial charge < -0.3 is 11.1 Å². The molecule has 2 atom stereocenters. The van der Waals surface area contributed by atoms with Gasteiger partial charge in [0.2, 0.25) is 5.91 Å². The molecule has 0 fully saturated rings. The van der Waals surface area contributed by atoms with Crippen LogP contribution in [0.5, 0.6) is 0 Å². The number of amides is 2. The van der Waals surface area contributed by atoms with Crippen molar-refractivity contribution >= 4 is 17.8 Å². The van der Waals surface area contributed by atoms with Crippen LogP contribution in [0, 0.1) is 5.92 Å². The highest BCUT2D eigenvalue weighted by Gasteiger charge is 2.23. The maximum absolute atomic E-state index is 12.5. The average Bonchev–Trinajstić information content (AvgIpc) is 2.71. The molecule has 6 nitrogen and oxygen atoms in total. The monoisotopic (exact) mass is 378 g/mol. The summed E-state index contributed by atoms with van der Waals surface area (Å²) in [6, 6.07) is 8.80. The number of hydrogen-bond donors (Lipinski definition) is 3. The summed E-state index contributed by atoms with van der Waals surface area (Å²) in [4.78, 5) is 29.1. The molecule has 0 spiro atoms. The van der Waals surface area contributed by atoms with Gasteiger partial charge in [-0.25, -0.2) is 4.99 Å². The van der Waals surface area contributed by atoms with Crippen molar-refractivity contribution < 1.29 is 9.59 Å². The number of benzene rings is 1. The lowest BCUT2D eigenvalue weighted by molar-refractivity contribution is -0.122. The predicted octanol–water partition coefficient (Wildman–Crippen LogP) is 2.81. The van der Waals surface area contributed by atoms with E-state index in [1.54, 1.807) is 24.3 Å². The minimum absolute atomic E-state index is 0.00457. The van der Waals surface area contributed by atoms with Gasteiger partial charge in [-0.15, -0.1) is 0 Å². The third-order valence-electron chi connectivity index (χ3n) is 5.00. The Morgan fingerprint density at radius 2 is 1.96 bits per heavy atom. The second kappa shape index (κ2) is 9.17. The van der Waals surface area contributed by atoms with Gasteiger partial charge in [0.1, 0.15) is 0 Å². The largest absolute Gasteiger partial charge is 0.370 e. The van der Waals surface area contributed by atoms with Gasteiger partial charge in [0.25, 0.3) is 5.91 Å². The molecule has 6 heteroatoms. The lowest BCUT2D eigenvalue weighted by atomic mass is 9.92. The topological polar surface area (TPSA) is 96.6 Å². The minimum Gasteiger partial charge on any atom is -0.370 e. The van der Waals surface area contributed by atoms with Gasteiger partial charge >= 0.3 is 0 Å². The summed E-state index contributed by atoms with van der Waals surface area (Å²) in [5, 5.41) is 5.70. The van der Waals surface area contributed by atoms with Crippen LogP contribution in [0.4, 0.5) is 0 Å². The van der Waals surface area contributed by atoms with E-state index in [1.165, 1.54) is 5.57 Å². The summed E-state index contributed by atoms with van der Waals surface area (Å²) in [6.45, 7) is 2.03. The predicted molar refractivity (Wildman–Crippen MR) is 110 cm³/mol. The standard InChI is InChI=1S/C22H26N4O2/c1-15-12-13-18(14-19(15)25-20(27)16-8-4-2-5-9-16)24-22(23)26-21(28)17-10-6-3-7-11-17/h2-8,10-11,16,18H,9,12-14H2,1H3,(H,25,27)(H3,23,24,26,28). The van der Waals surface area contributed by atoms with E-state index in [2.05, 4.69) is 15.6 Å². The molecule has 2 amide bonds. The first kappa shape index (κ1) is 19.6. The van der Waals surface area contributed by atoms with Gasteiger partial charge in [0.05, 0.1) is 12.0 Å². The molecule has 0 saturated heterocycles. The van der Waals surface area contributed by atoms with Crippen molar-refractivity contribution in [2.24, 2.45) is 16.6 Å². The number of rotatable bonds is 4. The Labute approximate surface area is 165 Å². The third-order valence-corrected chi connectivity index (χ3v) is 5.00. The van der Waals surface area contributed by atoms with Crippen LogP contribution in [-0.2, 0) is 4.79 Å². The molecule has 0 heterocycles. The summed E-state index contributed by atoms with van der Waals surface area (Å²) in [5.41, 5.74) is 8.55. The van der Waals surface area contributed by atoms with Gasteiger partial charge in [-0.3, -0.25) is 14.9 Å². The highest BCUT2D eigenvalue weighted by Crippen LogP contribution is 2.26. The molecule has 146 valence electrons. The van der Waals surface area contributed by atoms with Crippen molar-refractivity contribution in [3.63, 3.8) is 0 Å². The molecule has 0 aliphatic heterocycles. The highest BCUT2D eigenvalue weighted by molar-refractivity contribution is 6.05. The Bertz CT molecular complexity index is 853.